The molecule has 2 aromatic carbocycles. The van der Waals surface area contributed by atoms with Gasteiger partial charge < -0.3 is 10.5 Å². The highest BCUT2D eigenvalue weighted by atomic mass is 32.2. The molecule has 6 nitrogen and oxygen atoms in total. The molecule has 0 spiro atoms. The second-order valence-electron chi connectivity index (χ2n) is 5.73. The number of para-hydroxylation sites is 1. The maximum Gasteiger partial charge on any atom is 0.248 e. The van der Waals surface area contributed by atoms with Crippen LogP contribution in [0.4, 0.5) is 0 Å². The van der Waals surface area contributed by atoms with E-state index in [1.165, 1.54) is 24.3 Å². The summed E-state index contributed by atoms with van der Waals surface area (Å²) >= 11 is 0. The third-order valence-corrected chi connectivity index (χ3v) is 5.41. The number of nitrogens with one attached hydrogen (secondary N) is 1. The predicted molar refractivity (Wildman–Crippen MR) is 89.3 cm³/mol. The van der Waals surface area contributed by atoms with Gasteiger partial charge in [0.2, 0.25) is 15.9 Å². The van der Waals surface area contributed by atoms with Gasteiger partial charge in [-0.25, -0.2) is 13.1 Å². The second kappa shape index (κ2) is 6.62. The van der Waals surface area contributed by atoms with Crippen molar-refractivity contribution < 1.29 is 17.9 Å². The summed E-state index contributed by atoms with van der Waals surface area (Å²) in [6.07, 6.45) is 0.763. The van der Waals surface area contributed by atoms with E-state index >= 15 is 0 Å². The largest absolute Gasteiger partial charge is 0.493 e. The average Bonchev–Trinajstić information content (AvgIpc) is 2.60. The van der Waals surface area contributed by atoms with Gasteiger partial charge in [-0.3, -0.25) is 4.79 Å². The van der Waals surface area contributed by atoms with Gasteiger partial charge in [0.25, 0.3) is 0 Å². The molecule has 0 fully saturated rings. The molecule has 0 saturated carbocycles. The van der Waals surface area contributed by atoms with E-state index in [-0.39, 0.29) is 22.9 Å². The molecule has 2 aromatic rings. The summed E-state index contributed by atoms with van der Waals surface area (Å²) < 4.78 is 32.9. The predicted octanol–water partition coefficient (Wildman–Crippen LogP) is 1.32. The van der Waals surface area contributed by atoms with Crippen LogP contribution in [0.25, 0.3) is 0 Å². The van der Waals surface area contributed by atoms with Crippen LogP contribution in [0.15, 0.2) is 53.4 Å². The number of sulfonamides is 1. The highest BCUT2D eigenvalue weighted by molar-refractivity contribution is 7.89. The maximum atomic E-state index is 12.3. The number of carbonyl (C=O) groups is 1. The Balaban J connectivity index is 1.64. The second-order valence-corrected chi connectivity index (χ2v) is 7.50. The van der Waals surface area contributed by atoms with Crippen molar-refractivity contribution in [3.05, 3.63) is 59.7 Å². The summed E-state index contributed by atoms with van der Waals surface area (Å²) in [5.41, 5.74) is 6.50. The Morgan fingerprint density at radius 3 is 2.58 bits per heavy atom. The topological polar surface area (TPSA) is 98.5 Å². The fourth-order valence-corrected chi connectivity index (χ4v) is 3.75. The highest BCUT2D eigenvalue weighted by Crippen LogP contribution is 2.26. The van der Waals surface area contributed by atoms with Gasteiger partial charge in [-0.15, -0.1) is 0 Å². The van der Waals surface area contributed by atoms with Crippen molar-refractivity contribution in [3.63, 3.8) is 0 Å². The van der Waals surface area contributed by atoms with Crippen LogP contribution in [-0.2, 0) is 16.4 Å². The molecule has 0 aromatic heterocycles. The third kappa shape index (κ3) is 3.58. The van der Waals surface area contributed by atoms with E-state index in [0.29, 0.717) is 6.61 Å². The van der Waals surface area contributed by atoms with Crippen molar-refractivity contribution in [2.45, 2.75) is 11.3 Å². The van der Waals surface area contributed by atoms with Crippen molar-refractivity contribution in [3.8, 4) is 5.75 Å². The lowest BCUT2D eigenvalue weighted by Gasteiger charge is -2.25. The van der Waals surface area contributed by atoms with E-state index in [4.69, 9.17) is 10.5 Å². The smallest absolute Gasteiger partial charge is 0.248 e. The van der Waals surface area contributed by atoms with Crippen molar-refractivity contribution in [2.75, 3.05) is 13.2 Å². The molecule has 3 rings (SSSR count). The zero-order valence-corrected chi connectivity index (χ0v) is 13.8. The summed E-state index contributed by atoms with van der Waals surface area (Å²) in [5.74, 6) is 0.336. The molecule has 7 heteroatoms. The number of benzene rings is 2. The van der Waals surface area contributed by atoms with Crippen LogP contribution < -0.4 is 15.2 Å². The summed E-state index contributed by atoms with van der Waals surface area (Å²) in [4.78, 5) is 11.1. The van der Waals surface area contributed by atoms with E-state index < -0.39 is 15.9 Å². The molecule has 1 unspecified atom stereocenters. The van der Waals surface area contributed by atoms with Crippen LogP contribution >= 0.6 is 0 Å². The Morgan fingerprint density at radius 2 is 1.88 bits per heavy atom. The molecule has 0 saturated heterocycles. The Hall–Kier alpha value is -2.38. The zero-order chi connectivity index (χ0) is 17.2. The summed E-state index contributed by atoms with van der Waals surface area (Å²) in [6, 6.07) is 13.3. The fourth-order valence-electron chi connectivity index (χ4n) is 2.63. The number of hydrogen-bond donors (Lipinski definition) is 2. The van der Waals surface area contributed by atoms with Crippen molar-refractivity contribution in [1.29, 1.82) is 0 Å². The first-order chi connectivity index (χ1) is 11.5. The molecule has 1 heterocycles. The van der Waals surface area contributed by atoms with E-state index in [1.54, 1.807) is 0 Å². The molecule has 3 N–H and O–H groups in total. The van der Waals surface area contributed by atoms with Crippen molar-refractivity contribution >= 4 is 15.9 Å². The maximum absolute atomic E-state index is 12.3. The molecule has 1 aliphatic heterocycles. The lowest BCUT2D eigenvalue weighted by Crippen LogP contribution is -2.34. The standard InChI is InChI=1S/C17H18N2O4S/c18-17(20)13-5-7-15(8-6-13)24(21,22)19-10-12-9-14-3-1-2-4-16(14)23-11-12/h1-8,12,19H,9-11H2,(H2,18,20). The minimum Gasteiger partial charge on any atom is -0.493 e. The van der Waals surface area contributed by atoms with Gasteiger partial charge in [0.1, 0.15) is 5.75 Å². The number of ether oxygens (including phenoxy) is 1. The quantitative estimate of drug-likeness (QED) is 0.853. The van der Waals surface area contributed by atoms with Gasteiger partial charge in [-0.2, -0.15) is 0 Å². The first kappa shape index (κ1) is 16.5. The molecule has 126 valence electrons. The average molecular weight is 346 g/mol. The molecule has 24 heavy (non-hydrogen) atoms. The van der Waals surface area contributed by atoms with E-state index in [9.17, 15) is 13.2 Å². The number of rotatable bonds is 5. The fraction of sp³-hybridized carbons (Fsp3) is 0.235. The molecule has 1 atom stereocenters. The Bertz CT molecular complexity index is 847. The molecule has 0 bridgehead atoms. The first-order valence-corrected chi connectivity index (χ1v) is 9.04. The van der Waals surface area contributed by atoms with Gasteiger partial charge in [-0.1, -0.05) is 18.2 Å². The molecular weight excluding hydrogens is 328 g/mol. The molecular formula is C17H18N2O4S. The number of fused-ring (bicyclic) bond motifs is 1. The molecule has 1 aliphatic rings. The van der Waals surface area contributed by atoms with Crippen LogP contribution in [0.3, 0.4) is 0 Å². The van der Waals surface area contributed by atoms with Crippen LogP contribution in [0, 0.1) is 5.92 Å². The van der Waals surface area contributed by atoms with Gasteiger partial charge in [0.15, 0.2) is 0 Å². The van der Waals surface area contributed by atoms with Crippen LogP contribution in [0.1, 0.15) is 15.9 Å². The van der Waals surface area contributed by atoms with E-state index in [2.05, 4.69) is 4.72 Å². The Kier molecular flexibility index (Phi) is 4.55. The van der Waals surface area contributed by atoms with E-state index in [1.807, 2.05) is 24.3 Å². The van der Waals surface area contributed by atoms with Gasteiger partial charge in [-0.05, 0) is 42.3 Å². The molecule has 0 aliphatic carbocycles. The van der Waals surface area contributed by atoms with Gasteiger partial charge >= 0.3 is 0 Å². The van der Waals surface area contributed by atoms with Crippen LogP contribution in [0.5, 0.6) is 5.75 Å². The minimum absolute atomic E-state index is 0.0690. The van der Waals surface area contributed by atoms with E-state index in [0.717, 1.165) is 17.7 Å². The molecule has 1 amide bonds. The summed E-state index contributed by atoms with van der Waals surface area (Å²) in [5, 5.41) is 0. The third-order valence-electron chi connectivity index (χ3n) is 3.97. The highest BCUT2D eigenvalue weighted by Gasteiger charge is 2.22. The summed E-state index contributed by atoms with van der Waals surface area (Å²) in [6.45, 7) is 0.758. The SMILES string of the molecule is NC(=O)c1ccc(S(=O)(=O)NCC2COc3ccccc3C2)cc1. The normalized spacial score (nSPS) is 16.9. The number of hydrogen-bond acceptors (Lipinski definition) is 4. The lowest BCUT2D eigenvalue weighted by atomic mass is 9.97. The summed E-state index contributed by atoms with van der Waals surface area (Å²) in [7, 11) is -3.64. The number of amides is 1. The zero-order valence-electron chi connectivity index (χ0n) is 12.9. The van der Waals surface area contributed by atoms with Crippen molar-refractivity contribution in [1.82, 2.24) is 4.72 Å². The van der Waals surface area contributed by atoms with Gasteiger partial charge in [0, 0.05) is 18.0 Å². The van der Waals surface area contributed by atoms with Gasteiger partial charge in [0.05, 0.1) is 11.5 Å². The number of carbonyl (C=O) groups excluding carboxylic acids is 1. The number of primary amides is 1. The monoisotopic (exact) mass is 346 g/mol. The minimum atomic E-state index is -3.64. The first-order valence-electron chi connectivity index (χ1n) is 7.56. The molecule has 0 radical (unpaired) electrons. The van der Waals surface area contributed by atoms with Crippen LogP contribution in [0.2, 0.25) is 0 Å². The van der Waals surface area contributed by atoms with Crippen molar-refractivity contribution in [2.24, 2.45) is 11.7 Å². The Morgan fingerprint density at radius 1 is 1.17 bits per heavy atom. The lowest BCUT2D eigenvalue weighted by molar-refractivity contribution is 0.1000. The number of nitrogens with two attached hydrogens (primary N) is 1. The van der Waals surface area contributed by atoms with Crippen LogP contribution in [-0.4, -0.2) is 27.5 Å². The Labute approximate surface area is 140 Å².